The van der Waals surface area contributed by atoms with Gasteiger partial charge in [0.2, 0.25) is 0 Å². The van der Waals surface area contributed by atoms with Gasteiger partial charge in [0.25, 0.3) is 0 Å². The van der Waals surface area contributed by atoms with Crippen molar-refractivity contribution in [2.75, 3.05) is 14.1 Å². The topological polar surface area (TPSA) is 12.0 Å². The Bertz CT molecular complexity index is 6.00. The van der Waals surface area contributed by atoms with Crippen LogP contribution in [0.2, 0.25) is 0 Å². The summed E-state index contributed by atoms with van der Waals surface area (Å²) < 4.78 is 0. The van der Waals surface area contributed by atoms with Crippen molar-refractivity contribution in [3.63, 3.8) is 0 Å². The summed E-state index contributed by atoms with van der Waals surface area (Å²) in [7, 11) is 3.75. The van der Waals surface area contributed by atoms with Gasteiger partial charge in [0, 0.05) is 0 Å². The van der Waals surface area contributed by atoms with Crippen LogP contribution in [0.1, 0.15) is 0 Å². The second-order valence-electron chi connectivity index (χ2n) is 0.500. The van der Waals surface area contributed by atoms with Gasteiger partial charge >= 0.3 is 51.4 Å². The molecule has 0 aromatic heterocycles. The van der Waals surface area contributed by atoms with E-state index in [-0.39, 0.29) is 51.4 Å². The third-order valence-electron chi connectivity index (χ3n) is 0. The van der Waals surface area contributed by atoms with Crippen LogP contribution in [0.4, 0.5) is 0 Å². The van der Waals surface area contributed by atoms with Crippen LogP contribution in [0.25, 0.3) is 0 Å². The molecule has 0 radical (unpaired) electrons. The molecule has 0 aromatic carbocycles. The maximum atomic E-state index is 2.75. The molecule has 0 spiro atoms. The van der Waals surface area contributed by atoms with E-state index in [0.29, 0.717) is 0 Å². The first-order chi connectivity index (χ1) is 1.41. The van der Waals surface area contributed by atoms with Crippen LogP contribution in [0.5, 0.6) is 0 Å². The van der Waals surface area contributed by atoms with Gasteiger partial charge in [0.15, 0.2) is 0 Å². The summed E-state index contributed by atoms with van der Waals surface area (Å²) in [6.45, 7) is 0. The van der Waals surface area contributed by atoms with Crippen molar-refractivity contribution in [3.8, 4) is 0 Å². The van der Waals surface area contributed by atoms with Crippen molar-refractivity contribution >= 4 is 51.4 Å². The molecule has 0 bridgehead atoms. The molecule has 0 aliphatic carbocycles. The molecule has 4 heavy (non-hydrogen) atoms. The van der Waals surface area contributed by atoms with Gasteiger partial charge in [-0.1, -0.05) is 0 Å². The minimum atomic E-state index is 0. The van der Waals surface area contributed by atoms with E-state index in [1.54, 1.807) is 0 Å². The molecule has 1 nitrogen and oxygen atoms in total. The summed E-state index contributed by atoms with van der Waals surface area (Å²) in [5.41, 5.74) is 0. The molecule has 0 aliphatic rings. The zero-order valence-electron chi connectivity index (χ0n) is 2.50. The molecule has 22 valence electrons. The summed E-state index contributed by atoms with van der Waals surface area (Å²) in [6, 6.07) is 0. The van der Waals surface area contributed by atoms with E-state index in [4.69, 9.17) is 0 Å². The van der Waals surface area contributed by atoms with Gasteiger partial charge in [-0.2, -0.15) is 0 Å². The second kappa shape index (κ2) is 8.82. The van der Waals surface area contributed by atoms with E-state index < -0.39 is 0 Å². The van der Waals surface area contributed by atoms with Crippen molar-refractivity contribution in [3.05, 3.63) is 0 Å². The summed E-state index contributed by atoms with van der Waals surface area (Å²) in [5, 5.41) is 2.75. The number of hydrogen-bond donors (Lipinski definition) is 1. The van der Waals surface area contributed by atoms with Crippen LogP contribution in [0, 0.1) is 0 Å². The van der Waals surface area contributed by atoms with E-state index in [1.165, 1.54) is 0 Å². The van der Waals surface area contributed by atoms with E-state index in [9.17, 15) is 0 Å². The third kappa shape index (κ3) is 9.51. The molecule has 0 rings (SSSR count). The van der Waals surface area contributed by atoms with Crippen LogP contribution in [0.3, 0.4) is 0 Å². The van der Waals surface area contributed by atoms with Crippen molar-refractivity contribution in [1.29, 1.82) is 0 Å². The summed E-state index contributed by atoms with van der Waals surface area (Å²) in [6.07, 6.45) is 0. The van der Waals surface area contributed by atoms with Crippen LogP contribution in [0.15, 0.2) is 0 Å². The molecule has 0 saturated carbocycles. The van der Waals surface area contributed by atoms with Crippen LogP contribution in [-0.2, 0) is 0 Å². The van der Waals surface area contributed by atoms with Gasteiger partial charge in [-0.25, -0.2) is 0 Å². The fourth-order valence-corrected chi connectivity index (χ4v) is 0. The van der Waals surface area contributed by atoms with E-state index >= 15 is 0 Å². The van der Waals surface area contributed by atoms with Crippen molar-refractivity contribution < 1.29 is 0 Å². The van der Waals surface area contributed by atoms with Gasteiger partial charge in [0.05, 0.1) is 0 Å². The minimum absolute atomic E-state index is 0. The molecule has 2 heteroatoms. The van der Waals surface area contributed by atoms with E-state index in [1.807, 2.05) is 14.1 Å². The van der Waals surface area contributed by atoms with Gasteiger partial charge in [0.1, 0.15) is 0 Å². The Morgan fingerprint density at radius 3 is 1.25 bits per heavy atom. The predicted molar refractivity (Wildman–Crippen MR) is 22.1 cm³/mol. The normalized spacial score (nSPS) is 4.50. The van der Waals surface area contributed by atoms with Crippen molar-refractivity contribution in [2.45, 2.75) is 0 Å². The van der Waals surface area contributed by atoms with Crippen LogP contribution in [-0.4, -0.2) is 65.5 Å². The van der Waals surface area contributed by atoms with Gasteiger partial charge in [-0.15, -0.1) is 0 Å². The predicted octanol–water partition coefficient (Wildman–Crippen LogP) is -0.813. The van der Waals surface area contributed by atoms with E-state index in [2.05, 4.69) is 5.32 Å². The Hall–Kier alpha value is 1.60. The number of rotatable bonds is 0. The molecule has 0 aromatic rings. The molecule has 0 atom stereocenters. The van der Waals surface area contributed by atoms with Gasteiger partial charge in [-0.05, 0) is 14.1 Å². The monoisotopic (exact) mass is 85.0 g/mol. The first kappa shape index (κ1) is 9.14. The molecule has 0 amide bonds. The first-order valence-corrected chi connectivity index (χ1v) is 1.00. The molecule has 0 aliphatic heterocycles. The molecule has 0 heterocycles. The summed E-state index contributed by atoms with van der Waals surface area (Å²) >= 11 is 0. The zero-order chi connectivity index (χ0) is 2.71. The Balaban J connectivity index is 0. The van der Waals surface area contributed by atoms with Crippen LogP contribution >= 0.6 is 0 Å². The first-order valence-electron chi connectivity index (χ1n) is 1.00. The van der Waals surface area contributed by atoms with E-state index in [0.717, 1.165) is 0 Å². The average molecular weight is 85.2 g/mol. The van der Waals surface area contributed by atoms with Gasteiger partial charge < -0.3 is 5.32 Å². The number of nitrogens with one attached hydrogen (secondary N) is 1. The molecule has 1 N–H and O–H groups in total. The molecule has 0 fully saturated rings. The molecule has 0 saturated heterocycles. The fourth-order valence-electron chi connectivity index (χ4n) is 0. The maximum absolute atomic E-state index is 2.75. The standard InChI is InChI=1S/C2H7N.K.H/c1-3-2;;/h3H,1-2H3;;. The molecular weight excluding hydrogens is 77.1 g/mol. The number of hydrogen-bond acceptors (Lipinski definition) is 1. The molecular formula is C2H8KN. The van der Waals surface area contributed by atoms with Crippen molar-refractivity contribution in [2.24, 2.45) is 0 Å². The fraction of sp³-hybridized carbons (Fsp3) is 1.00. The second-order valence-corrected chi connectivity index (χ2v) is 0.500. The Morgan fingerprint density at radius 2 is 1.25 bits per heavy atom. The Labute approximate surface area is 69.6 Å². The molecule has 0 unspecified atom stereocenters. The van der Waals surface area contributed by atoms with Crippen molar-refractivity contribution in [1.82, 2.24) is 5.32 Å². The zero-order valence-corrected chi connectivity index (χ0v) is 2.50. The Morgan fingerprint density at radius 1 is 1.25 bits per heavy atom. The average Bonchev–Trinajstić information content (AvgIpc) is 0.918. The third-order valence-corrected chi connectivity index (χ3v) is 0. The SMILES string of the molecule is CNC.[KH]. The summed E-state index contributed by atoms with van der Waals surface area (Å²) in [5.74, 6) is 0. The van der Waals surface area contributed by atoms with Gasteiger partial charge in [-0.3, -0.25) is 0 Å². The summed E-state index contributed by atoms with van der Waals surface area (Å²) in [4.78, 5) is 0. The Kier molecular flexibility index (Phi) is 20.2. The van der Waals surface area contributed by atoms with Crippen LogP contribution < -0.4 is 5.32 Å². The quantitative estimate of drug-likeness (QED) is 0.379.